The number of esters is 3. The molecule has 0 spiro atoms. The molecular weight excluding hydrogens is 1020 g/mol. The molecule has 0 aromatic rings. The minimum Gasteiger partial charge on any atom is -0.462 e. The SMILES string of the molecule is CC/C=C\C/C=C\C/C=C\C/C=C\C/C=C\C/C=C\CCCCCCC(=O)OC(COC(=O)CC/C=C\C/C=C\C/C=C\C/C=C\CC)COC(=O)CCCCCCCCCCCCCCCCCCC/C=C\CCCCCCCCCC. The molecule has 0 aliphatic rings. The summed E-state index contributed by atoms with van der Waals surface area (Å²) in [7, 11) is 0. The second-order valence-electron chi connectivity index (χ2n) is 22.7. The Morgan fingerprint density at radius 3 is 0.819 bits per heavy atom. The Bertz CT molecular complexity index is 1750. The van der Waals surface area contributed by atoms with E-state index in [0.29, 0.717) is 12.8 Å². The minimum atomic E-state index is -0.826. The quantitative estimate of drug-likeness (QED) is 0.0261. The summed E-state index contributed by atoms with van der Waals surface area (Å²) in [5, 5.41) is 0. The molecule has 6 nitrogen and oxygen atoms in total. The van der Waals surface area contributed by atoms with Gasteiger partial charge >= 0.3 is 17.9 Å². The van der Waals surface area contributed by atoms with Crippen LogP contribution < -0.4 is 0 Å². The van der Waals surface area contributed by atoms with Crippen LogP contribution in [0.2, 0.25) is 0 Å². The average molecular weight is 1150 g/mol. The highest BCUT2D eigenvalue weighted by atomic mass is 16.6. The molecule has 0 aromatic heterocycles. The molecule has 0 bridgehead atoms. The smallest absolute Gasteiger partial charge is 0.306 e. The van der Waals surface area contributed by atoms with E-state index >= 15 is 0 Å². The monoisotopic (exact) mass is 1150 g/mol. The van der Waals surface area contributed by atoms with Crippen LogP contribution in [0.15, 0.2) is 134 Å². The standard InChI is InChI=1S/C77H128O6/c1-4-7-10-13-16-19-22-25-27-29-31-33-35-36-37-38-39-40-42-43-45-47-49-52-55-58-61-64-67-70-76(79)82-73-74(72-81-75(78)69-66-63-60-57-54-51-24-21-18-15-12-9-6-3)83-77(80)71-68-65-62-59-56-53-50-48-46-44-41-34-32-30-28-26-23-20-17-14-11-8-5-2/h8-9,11-12,17-18,20-21,26,28-29,31-32,34,44,46,50-51,53-54,60,63,74H,4-7,10,13-16,19,22-25,27,30,33,35-43,45,47-49,52,55-59,61-62,64-73H2,1-3H3/b11-8-,12-9-,20-17-,21-18-,28-26-,31-29-,34-32-,46-44-,53-50-,54-51-,63-60-. The molecule has 0 heterocycles. The van der Waals surface area contributed by atoms with Crippen LogP contribution in [-0.4, -0.2) is 37.2 Å². The number of carbonyl (C=O) groups excluding carboxylic acids is 3. The minimum absolute atomic E-state index is 0.113. The largest absolute Gasteiger partial charge is 0.462 e. The van der Waals surface area contributed by atoms with Crippen LogP contribution in [0, 0.1) is 0 Å². The van der Waals surface area contributed by atoms with Crippen LogP contribution in [0.5, 0.6) is 0 Å². The molecule has 83 heavy (non-hydrogen) atoms. The van der Waals surface area contributed by atoms with Gasteiger partial charge in [0.05, 0.1) is 0 Å². The Balaban J connectivity index is 4.34. The maximum absolute atomic E-state index is 12.9. The molecule has 1 atom stereocenters. The average Bonchev–Trinajstić information content (AvgIpc) is 3.49. The first-order valence-electron chi connectivity index (χ1n) is 34.7. The van der Waals surface area contributed by atoms with Gasteiger partial charge < -0.3 is 14.2 Å². The molecule has 6 heteroatoms. The lowest BCUT2D eigenvalue weighted by molar-refractivity contribution is -0.166. The maximum atomic E-state index is 12.9. The lowest BCUT2D eigenvalue weighted by atomic mass is 10.0. The Morgan fingerprint density at radius 1 is 0.253 bits per heavy atom. The number of carbonyl (C=O) groups is 3. The van der Waals surface area contributed by atoms with Crippen molar-refractivity contribution >= 4 is 17.9 Å². The van der Waals surface area contributed by atoms with Gasteiger partial charge in [-0.15, -0.1) is 0 Å². The second kappa shape index (κ2) is 70.0. The van der Waals surface area contributed by atoms with Crippen LogP contribution in [0.3, 0.4) is 0 Å². The summed E-state index contributed by atoms with van der Waals surface area (Å²) < 4.78 is 16.9. The number of unbranched alkanes of at least 4 members (excludes halogenated alkanes) is 29. The molecule has 0 N–H and O–H groups in total. The van der Waals surface area contributed by atoms with E-state index < -0.39 is 6.10 Å². The van der Waals surface area contributed by atoms with Crippen molar-refractivity contribution in [3.63, 3.8) is 0 Å². The highest BCUT2D eigenvalue weighted by molar-refractivity contribution is 5.71. The first-order valence-corrected chi connectivity index (χ1v) is 34.7. The van der Waals surface area contributed by atoms with Gasteiger partial charge in [0.1, 0.15) is 13.2 Å². The fourth-order valence-corrected chi connectivity index (χ4v) is 9.52. The first-order chi connectivity index (χ1) is 41.0. The van der Waals surface area contributed by atoms with E-state index in [-0.39, 0.29) is 44.0 Å². The van der Waals surface area contributed by atoms with E-state index in [4.69, 9.17) is 14.2 Å². The number of ether oxygens (including phenoxy) is 3. The number of hydrogen-bond acceptors (Lipinski definition) is 6. The summed E-state index contributed by atoms with van der Waals surface area (Å²) in [6.45, 7) is 6.35. The molecule has 1 unspecified atom stereocenters. The predicted octanol–water partition coefficient (Wildman–Crippen LogP) is 24.1. The van der Waals surface area contributed by atoms with Gasteiger partial charge in [0.2, 0.25) is 0 Å². The molecule has 0 aliphatic heterocycles. The van der Waals surface area contributed by atoms with Crippen LogP contribution in [-0.2, 0) is 28.6 Å². The van der Waals surface area contributed by atoms with Gasteiger partial charge in [-0.3, -0.25) is 14.4 Å². The van der Waals surface area contributed by atoms with E-state index in [0.717, 1.165) is 116 Å². The van der Waals surface area contributed by atoms with E-state index in [1.165, 1.54) is 154 Å². The van der Waals surface area contributed by atoms with Gasteiger partial charge in [0.15, 0.2) is 6.10 Å². The van der Waals surface area contributed by atoms with Crippen molar-refractivity contribution in [1.82, 2.24) is 0 Å². The molecular formula is C77H128O6. The van der Waals surface area contributed by atoms with Crippen molar-refractivity contribution in [3.8, 4) is 0 Å². The van der Waals surface area contributed by atoms with Crippen LogP contribution in [0.4, 0.5) is 0 Å². The molecule has 0 radical (unpaired) electrons. The summed E-state index contributed by atoms with van der Waals surface area (Å²) in [6.07, 6.45) is 99.3. The molecule has 0 aliphatic carbocycles. The van der Waals surface area contributed by atoms with Gasteiger partial charge in [-0.1, -0.05) is 309 Å². The molecule has 0 saturated heterocycles. The highest BCUT2D eigenvalue weighted by Gasteiger charge is 2.19. The first kappa shape index (κ1) is 78.5. The van der Waals surface area contributed by atoms with Gasteiger partial charge in [0.25, 0.3) is 0 Å². The highest BCUT2D eigenvalue weighted by Crippen LogP contribution is 2.17. The van der Waals surface area contributed by atoms with Crippen molar-refractivity contribution in [3.05, 3.63) is 134 Å². The fraction of sp³-hybridized carbons (Fsp3) is 0.675. The molecule has 0 rings (SSSR count). The van der Waals surface area contributed by atoms with E-state index in [1.54, 1.807) is 0 Å². The topological polar surface area (TPSA) is 78.9 Å². The third-order valence-corrected chi connectivity index (χ3v) is 14.6. The number of rotatable bonds is 62. The van der Waals surface area contributed by atoms with E-state index in [9.17, 15) is 14.4 Å². The van der Waals surface area contributed by atoms with Crippen LogP contribution in [0.25, 0.3) is 0 Å². The number of hydrogen-bond donors (Lipinski definition) is 0. The normalized spacial score (nSPS) is 13.0. The molecule has 0 saturated carbocycles. The van der Waals surface area contributed by atoms with E-state index in [2.05, 4.69) is 148 Å². The molecule has 0 fully saturated rings. The zero-order valence-corrected chi connectivity index (χ0v) is 54.2. The summed E-state index contributed by atoms with van der Waals surface area (Å²) in [5.74, 6) is -1.02. The Kier molecular flexibility index (Phi) is 66.3. The second-order valence-corrected chi connectivity index (χ2v) is 22.7. The Hall–Kier alpha value is -4.45. The lowest BCUT2D eigenvalue weighted by Crippen LogP contribution is -2.30. The van der Waals surface area contributed by atoms with Gasteiger partial charge in [-0.2, -0.15) is 0 Å². The maximum Gasteiger partial charge on any atom is 0.306 e. The summed E-state index contributed by atoms with van der Waals surface area (Å²) >= 11 is 0. The summed E-state index contributed by atoms with van der Waals surface area (Å²) in [5.41, 5.74) is 0. The lowest BCUT2D eigenvalue weighted by Gasteiger charge is -2.18. The zero-order chi connectivity index (χ0) is 59.9. The van der Waals surface area contributed by atoms with Gasteiger partial charge in [-0.05, 0) is 122 Å². The van der Waals surface area contributed by atoms with Crippen molar-refractivity contribution in [2.45, 2.75) is 322 Å². The van der Waals surface area contributed by atoms with Gasteiger partial charge in [-0.25, -0.2) is 0 Å². The van der Waals surface area contributed by atoms with Crippen molar-refractivity contribution < 1.29 is 28.6 Å². The third kappa shape index (κ3) is 68.2. The Labute approximate surface area is 513 Å². The van der Waals surface area contributed by atoms with Crippen LogP contribution >= 0.6 is 0 Å². The summed E-state index contributed by atoms with van der Waals surface area (Å²) in [6, 6.07) is 0. The van der Waals surface area contributed by atoms with Crippen molar-refractivity contribution in [2.24, 2.45) is 0 Å². The predicted molar refractivity (Wildman–Crippen MR) is 362 cm³/mol. The molecule has 472 valence electrons. The molecule has 0 aromatic carbocycles. The van der Waals surface area contributed by atoms with Crippen molar-refractivity contribution in [1.29, 1.82) is 0 Å². The van der Waals surface area contributed by atoms with E-state index in [1.807, 2.05) is 6.08 Å². The van der Waals surface area contributed by atoms with Gasteiger partial charge in [0, 0.05) is 19.3 Å². The van der Waals surface area contributed by atoms with Crippen LogP contribution in [0.1, 0.15) is 316 Å². The van der Waals surface area contributed by atoms with Crippen molar-refractivity contribution in [2.75, 3.05) is 13.2 Å². The molecule has 0 amide bonds. The number of allylic oxidation sites excluding steroid dienone is 22. The third-order valence-electron chi connectivity index (χ3n) is 14.6. The summed E-state index contributed by atoms with van der Waals surface area (Å²) in [4.78, 5) is 38.3. The Morgan fingerprint density at radius 2 is 0.494 bits per heavy atom. The zero-order valence-electron chi connectivity index (χ0n) is 54.2. The fourth-order valence-electron chi connectivity index (χ4n) is 9.52.